The highest BCUT2D eigenvalue weighted by Crippen LogP contribution is 2.34. The predicted octanol–water partition coefficient (Wildman–Crippen LogP) is 5.86. The van der Waals surface area contributed by atoms with Crippen LogP contribution in [-0.4, -0.2) is 15.8 Å². The Morgan fingerprint density at radius 1 is 1.09 bits per heavy atom. The number of aryl methyl sites for hydroxylation is 1. The van der Waals surface area contributed by atoms with E-state index in [1.807, 2.05) is 18.2 Å². The first kappa shape index (κ1) is 22.0. The molecule has 0 aliphatic heterocycles. The first-order chi connectivity index (χ1) is 15.3. The van der Waals surface area contributed by atoms with Crippen LogP contribution in [0.3, 0.4) is 0 Å². The molecule has 164 valence electrons. The van der Waals surface area contributed by atoms with Crippen molar-refractivity contribution in [3.8, 4) is 11.8 Å². The molecule has 4 heteroatoms. The zero-order chi connectivity index (χ0) is 22.9. The fraction of sp³-hybridized carbons (Fsp3) is 0.357. The van der Waals surface area contributed by atoms with Crippen molar-refractivity contribution in [2.75, 3.05) is 0 Å². The van der Waals surface area contributed by atoms with Gasteiger partial charge in [-0.25, -0.2) is 4.68 Å². The number of hydrogen-bond donors (Lipinski definition) is 1. The first-order valence-corrected chi connectivity index (χ1v) is 11.3. The molecule has 4 nitrogen and oxygen atoms in total. The van der Waals surface area contributed by atoms with E-state index in [0.717, 1.165) is 29.9 Å². The normalized spacial score (nSPS) is 18.1. The summed E-state index contributed by atoms with van der Waals surface area (Å²) in [5, 5.41) is 17.6. The summed E-state index contributed by atoms with van der Waals surface area (Å²) in [6.45, 7) is 11.8. The van der Waals surface area contributed by atoms with Crippen LogP contribution < -0.4 is 5.32 Å². The van der Waals surface area contributed by atoms with Crippen LogP contribution in [0, 0.1) is 25.2 Å². The maximum atomic E-state index is 9.10. The number of rotatable bonds is 5. The van der Waals surface area contributed by atoms with Gasteiger partial charge in [0.05, 0.1) is 23.0 Å². The number of nitriles is 1. The van der Waals surface area contributed by atoms with Gasteiger partial charge >= 0.3 is 0 Å². The Labute approximate surface area is 191 Å². The van der Waals surface area contributed by atoms with E-state index in [2.05, 4.69) is 93.2 Å². The average Bonchev–Trinajstić information content (AvgIpc) is 3.35. The van der Waals surface area contributed by atoms with Crippen LogP contribution in [0.4, 0.5) is 0 Å². The quantitative estimate of drug-likeness (QED) is 0.522. The fourth-order valence-electron chi connectivity index (χ4n) is 4.61. The summed E-state index contributed by atoms with van der Waals surface area (Å²) in [5.41, 5.74) is 8.07. The Morgan fingerprint density at radius 3 is 2.53 bits per heavy atom. The zero-order valence-electron chi connectivity index (χ0n) is 19.7. The van der Waals surface area contributed by atoms with Gasteiger partial charge in [-0.05, 0) is 61.1 Å². The molecule has 0 fully saturated rings. The van der Waals surface area contributed by atoms with Crippen LogP contribution in [0.1, 0.15) is 66.8 Å². The van der Waals surface area contributed by atoms with Crippen molar-refractivity contribution in [3.63, 3.8) is 0 Å². The summed E-state index contributed by atoms with van der Waals surface area (Å²) in [7, 11) is 0. The van der Waals surface area contributed by atoms with Gasteiger partial charge in [0.2, 0.25) is 0 Å². The van der Waals surface area contributed by atoms with E-state index in [9.17, 15) is 0 Å². The third-order valence-electron chi connectivity index (χ3n) is 6.40. The van der Waals surface area contributed by atoms with Crippen molar-refractivity contribution in [1.29, 1.82) is 5.26 Å². The average molecular weight is 425 g/mol. The highest BCUT2D eigenvalue weighted by molar-refractivity contribution is 5.43. The largest absolute Gasteiger partial charge is 0.306 e. The molecular weight excluding hydrogens is 392 g/mol. The van der Waals surface area contributed by atoms with Gasteiger partial charge in [-0.2, -0.15) is 10.4 Å². The lowest BCUT2D eigenvalue weighted by Gasteiger charge is -2.19. The Balaban J connectivity index is 1.46. The fourth-order valence-corrected chi connectivity index (χ4v) is 4.61. The molecule has 1 N–H and O–H groups in total. The van der Waals surface area contributed by atoms with Crippen molar-refractivity contribution in [1.82, 2.24) is 15.1 Å². The summed E-state index contributed by atoms with van der Waals surface area (Å²) in [6, 6.07) is 19.1. The van der Waals surface area contributed by atoms with E-state index in [-0.39, 0.29) is 5.41 Å². The summed E-state index contributed by atoms with van der Waals surface area (Å²) in [6.07, 6.45) is 5.61. The highest BCUT2D eigenvalue weighted by atomic mass is 15.3. The molecule has 3 aromatic rings. The van der Waals surface area contributed by atoms with E-state index in [0.29, 0.717) is 17.5 Å². The summed E-state index contributed by atoms with van der Waals surface area (Å²) in [4.78, 5) is 0. The molecule has 0 bridgehead atoms. The maximum Gasteiger partial charge on any atom is 0.0991 e. The van der Waals surface area contributed by atoms with Crippen molar-refractivity contribution in [3.05, 3.63) is 94.3 Å². The molecule has 0 saturated carbocycles. The molecule has 0 spiro atoms. The van der Waals surface area contributed by atoms with Crippen molar-refractivity contribution >= 4 is 0 Å². The first-order valence-electron chi connectivity index (χ1n) is 11.3. The van der Waals surface area contributed by atoms with Crippen molar-refractivity contribution < 1.29 is 0 Å². The molecule has 1 heterocycles. The molecule has 2 aromatic carbocycles. The van der Waals surface area contributed by atoms with Gasteiger partial charge in [0.25, 0.3) is 0 Å². The Morgan fingerprint density at radius 2 is 1.84 bits per heavy atom. The molecule has 32 heavy (non-hydrogen) atoms. The second-order valence-electron chi connectivity index (χ2n) is 9.82. The van der Waals surface area contributed by atoms with Crippen LogP contribution in [0.5, 0.6) is 0 Å². The van der Waals surface area contributed by atoms with Gasteiger partial charge in [0.1, 0.15) is 0 Å². The molecule has 4 rings (SSSR count). The Bertz CT molecular complexity index is 1170. The monoisotopic (exact) mass is 424 g/mol. The lowest BCUT2D eigenvalue weighted by atomic mass is 9.87. The number of allylic oxidation sites excluding steroid dienone is 1. The van der Waals surface area contributed by atoms with Gasteiger partial charge in [0, 0.05) is 29.8 Å². The molecule has 1 aromatic heterocycles. The number of hydrogen-bond acceptors (Lipinski definition) is 3. The van der Waals surface area contributed by atoms with E-state index in [1.54, 1.807) is 0 Å². The lowest BCUT2D eigenvalue weighted by molar-refractivity contribution is 0.559. The molecule has 1 aliphatic rings. The van der Waals surface area contributed by atoms with Crippen molar-refractivity contribution in [2.24, 2.45) is 0 Å². The van der Waals surface area contributed by atoms with Gasteiger partial charge < -0.3 is 5.32 Å². The minimum atomic E-state index is 0.144. The number of nitrogens with zero attached hydrogens (tertiary/aromatic N) is 3. The lowest BCUT2D eigenvalue weighted by Crippen LogP contribution is -2.25. The van der Waals surface area contributed by atoms with Gasteiger partial charge in [-0.15, -0.1) is 0 Å². The summed E-state index contributed by atoms with van der Waals surface area (Å²) < 4.78 is 2.08. The highest BCUT2D eigenvalue weighted by Gasteiger charge is 2.26. The molecule has 0 saturated heterocycles. The maximum absolute atomic E-state index is 9.10. The van der Waals surface area contributed by atoms with Crippen LogP contribution >= 0.6 is 0 Å². The molecule has 2 atom stereocenters. The van der Waals surface area contributed by atoms with Gasteiger partial charge in [-0.1, -0.05) is 57.2 Å². The summed E-state index contributed by atoms with van der Waals surface area (Å²) >= 11 is 0. The molecule has 1 aliphatic carbocycles. The second-order valence-corrected chi connectivity index (χ2v) is 9.82. The second kappa shape index (κ2) is 8.76. The van der Waals surface area contributed by atoms with Crippen LogP contribution in [-0.2, 0) is 12.0 Å². The van der Waals surface area contributed by atoms with E-state index >= 15 is 0 Å². The smallest absolute Gasteiger partial charge is 0.0991 e. The molecule has 0 amide bonds. The standard InChI is InChI=1S/C28H32N4/c1-19-27(20(2)32(31-19)26-13-10-24(11-14-26)28(3,4)5)23-9-12-25(16-23)30-18-22-8-6-7-21(15-22)17-29/h6-15,23,25,30H,16,18H2,1-5H3. The molecule has 2 unspecified atom stereocenters. The third-order valence-corrected chi connectivity index (χ3v) is 6.40. The predicted molar refractivity (Wildman–Crippen MR) is 130 cm³/mol. The van der Waals surface area contributed by atoms with Gasteiger partial charge in [-0.3, -0.25) is 0 Å². The van der Waals surface area contributed by atoms with Crippen LogP contribution in [0.2, 0.25) is 0 Å². The summed E-state index contributed by atoms with van der Waals surface area (Å²) in [5.74, 6) is 0.362. The number of aromatic nitrogens is 2. The van der Waals surface area contributed by atoms with Crippen LogP contribution in [0.25, 0.3) is 5.69 Å². The molecule has 0 radical (unpaired) electrons. The zero-order valence-corrected chi connectivity index (χ0v) is 19.7. The third kappa shape index (κ3) is 4.54. The minimum Gasteiger partial charge on any atom is -0.306 e. The molecular formula is C28H32N4. The Kier molecular flexibility index (Phi) is 6.04. The van der Waals surface area contributed by atoms with Crippen LogP contribution in [0.15, 0.2) is 60.7 Å². The Hall–Kier alpha value is -3.16. The topological polar surface area (TPSA) is 53.6 Å². The van der Waals surface area contributed by atoms with Crippen molar-refractivity contribution in [2.45, 2.75) is 65.0 Å². The SMILES string of the molecule is Cc1nn(-c2ccc(C(C)(C)C)cc2)c(C)c1C1C=CC(NCc2cccc(C#N)c2)C1. The minimum absolute atomic E-state index is 0.144. The van der Waals surface area contributed by atoms with E-state index < -0.39 is 0 Å². The van der Waals surface area contributed by atoms with Gasteiger partial charge in [0.15, 0.2) is 0 Å². The number of benzene rings is 2. The van der Waals surface area contributed by atoms with E-state index in [1.165, 1.54) is 16.8 Å². The number of nitrogens with one attached hydrogen (secondary N) is 1. The van der Waals surface area contributed by atoms with E-state index in [4.69, 9.17) is 10.4 Å².